The van der Waals surface area contributed by atoms with Crippen molar-refractivity contribution in [1.29, 1.82) is 0 Å². The van der Waals surface area contributed by atoms with Crippen molar-refractivity contribution >= 4 is 30.0 Å². The van der Waals surface area contributed by atoms with Gasteiger partial charge in [0, 0.05) is 12.1 Å². The number of benzene rings is 1. The Labute approximate surface area is 162 Å². The van der Waals surface area contributed by atoms with E-state index in [9.17, 15) is 0 Å². The molecule has 0 spiro atoms. The number of H-pyrrole nitrogens is 1. The van der Waals surface area contributed by atoms with Crippen LogP contribution in [0.5, 0.6) is 0 Å². The van der Waals surface area contributed by atoms with Gasteiger partial charge in [0.15, 0.2) is 5.82 Å². The van der Waals surface area contributed by atoms with Gasteiger partial charge < -0.3 is 0 Å². The Morgan fingerprint density at radius 1 is 1.27 bits per heavy atom. The Morgan fingerprint density at radius 3 is 2.62 bits per heavy atom. The monoisotopic (exact) mass is 388 g/mol. The third-order valence-electron chi connectivity index (χ3n) is 3.91. The molecule has 0 unspecified atom stereocenters. The number of nitrogens with zero attached hydrogens (tertiary/aromatic N) is 5. The van der Waals surface area contributed by atoms with Gasteiger partial charge in [-0.2, -0.15) is 20.0 Å². The van der Waals surface area contributed by atoms with Crippen LogP contribution in [0.1, 0.15) is 30.7 Å². The Hall–Kier alpha value is -2.25. The summed E-state index contributed by atoms with van der Waals surface area (Å²) in [6, 6.07) is 8.03. The highest BCUT2D eigenvalue weighted by Gasteiger charge is 2.13. The zero-order valence-corrected chi connectivity index (χ0v) is 16.8. The average Bonchev–Trinajstić information content (AvgIpc) is 3.07. The molecule has 0 saturated carbocycles. The Balaban J connectivity index is 1.98. The van der Waals surface area contributed by atoms with Crippen LogP contribution in [0.15, 0.2) is 29.4 Å². The molecule has 0 aliphatic carbocycles. The van der Waals surface area contributed by atoms with E-state index < -0.39 is 0 Å². The van der Waals surface area contributed by atoms with E-state index in [0.29, 0.717) is 21.7 Å². The molecule has 0 amide bonds. The van der Waals surface area contributed by atoms with E-state index in [4.69, 9.17) is 23.8 Å². The van der Waals surface area contributed by atoms with Gasteiger partial charge in [-0.05, 0) is 32.0 Å². The van der Waals surface area contributed by atoms with E-state index in [-0.39, 0.29) is 0 Å². The zero-order chi connectivity index (χ0) is 18.8. The number of nitrogens with one attached hydrogen (secondary N) is 1. The summed E-state index contributed by atoms with van der Waals surface area (Å²) in [7, 11) is 0. The largest absolute Gasteiger partial charge is 0.253 e. The third-order valence-corrected chi connectivity index (χ3v) is 4.57. The zero-order valence-electron chi connectivity index (χ0n) is 15.2. The van der Waals surface area contributed by atoms with Crippen molar-refractivity contribution in [3.63, 3.8) is 0 Å². The first-order chi connectivity index (χ1) is 12.4. The van der Waals surface area contributed by atoms with Crippen molar-refractivity contribution in [2.45, 2.75) is 34.2 Å². The topological polar surface area (TPSA) is 63.8 Å². The molecule has 1 N–H and O–H groups in total. The minimum Gasteiger partial charge on any atom is -0.253 e. The van der Waals surface area contributed by atoms with Crippen LogP contribution in [0, 0.1) is 24.5 Å². The number of hydrogen-bond donors (Lipinski definition) is 1. The van der Waals surface area contributed by atoms with Crippen molar-refractivity contribution in [2.24, 2.45) is 11.0 Å². The molecular formula is C18H21ClN6S. The fourth-order valence-corrected chi connectivity index (χ4v) is 3.06. The second kappa shape index (κ2) is 7.55. The van der Waals surface area contributed by atoms with Crippen LogP contribution in [0.25, 0.3) is 11.4 Å². The molecule has 0 fully saturated rings. The molecule has 8 heteroatoms. The van der Waals surface area contributed by atoms with E-state index >= 15 is 0 Å². The molecule has 0 atom stereocenters. The molecule has 6 nitrogen and oxygen atoms in total. The number of aromatic nitrogens is 5. The lowest BCUT2D eigenvalue weighted by molar-refractivity contribution is 0.482. The molecule has 1 aromatic carbocycles. The summed E-state index contributed by atoms with van der Waals surface area (Å²) in [5.74, 6) is 1.10. The molecular weight excluding hydrogens is 368 g/mol. The number of aryl methyl sites for hydroxylation is 2. The van der Waals surface area contributed by atoms with Crippen molar-refractivity contribution in [2.75, 3.05) is 0 Å². The fraction of sp³-hybridized carbons (Fsp3) is 0.333. The van der Waals surface area contributed by atoms with E-state index in [2.05, 4.69) is 34.2 Å². The quantitative estimate of drug-likeness (QED) is 0.512. The molecule has 0 radical (unpaired) electrons. The predicted octanol–water partition coefficient (Wildman–Crippen LogP) is 4.61. The van der Waals surface area contributed by atoms with Gasteiger partial charge in [0.05, 0.1) is 17.5 Å². The van der Waals surface area contributed by atoms with Gasteiger partial charge in [-0.3, -0.25) is 4.68 Å². The maximum Gasteiger partial charge on any atom is 0.216 e. The van der Waals surface area contributed by atoms with Gasteiger partial charge in [-0.1, -0.05) is 55.3 Å². The molecule has 26 heavy (non-hydrogen) atoms. The van der Waals surface area contributed by atoms with Crippen molar-refractivity contribution in [3.05, 3.63) is 51.0 Å². The van der Waals surface area contributed by atoms with E-state index in [1.54, 1.807) is 15.6 Å². The number of rotatable bonds is 5. The molecule has 0 saturated heterocycles. The van der Waals surface area contributed by atoms with Crippen molar-refractivity contribution < 1.29 is 0 Å². The molecule has 136 valence electrons. The van der Waals surface area contributed by atoms with Crippen LogP contribution >= 0.6 is 23.8 Å². The van der Waals surface area contributed by atoms with E-state index in [0.717, 1.165) is 23.4 Å². The Bertz CT molecular complexity index is 994. The second-order valence-electron chi connectivity index (χ2n) is 6.64. The summed E-state index contributed by atoms with van der Waals surface area (Å²) in [5.41, 5.74) is 3.72. The maximum absolute atomic E-state index is 6.48. The summed E-state index contributed by atoms with van der Waals surface area (Å²) in [6.07, 6.45) is 1.69. The molecule has 0 bridgehead atoms. The summed E-state index contributed by atoms with van der Waals surface area (Å²) in [5, 5.41) is 16.7. The lowest BCUT2D eigenvalue weighted by atomic mass is 10.1. The predicted molar refractivity (Wildman–Crippen MR) is 107 cm³/mol. The standard InChI is InChI=1S/C18H21ClN6S/c1-11(2)10-24-16(19)15(13(4)23-24)9-20-25-17(21-22-18(25)26)14-7-5-12(3)6-8-14/h5-9,11H,10H2,1-4H3,(H,22,26). The third kappa shape index (κ3) is 3.78. The summed E-state index contributed by atoms with van der Waals surface area (Å²) < 4.78 is 3.81. The normalized spacial score (nSPS) is 11.8. The highest BCUT2D eigenvalue weighted by atomic mass is 35.5. The van der Waals surface area contributed by atoms with Gasteiger partial charge in [-0.15, -0.1) is 0 Å². The van der Waals surface area contributed by atoms with Crippen LogP contribution < -0.4 is 0 Å². The first-order valence-electron chi connectivity index (χ1n) is 8.38. The first kappa shape index (κ1) is 18.5. The number of halogens is 1. The lowest BCUT2D eigenvalue weighted by Crippen LogP contribution is -2.06. The fourth-order valence-electron chi connectivity index (χ4n) is 2.58. The molecule has 0 aliphatic rings. The van der Waals surface area contributed by atoms with Crippen LogP contribution in [0.4, 0.5) is 0 Å². The van der Waals surface area contributed by atoms with Crippen LogP contribution in [0.2, 0.25) is 5.15 Å². The SMILES string of the molecule is Cc1ccc(-c2n[nH]c(=S)n2N=Cc2c(C)nn(CC(C)C)c2Cl)cc1. The van der Waals surface area contributed by atoms with Crippen LogP contribution in [0.3, 0.4) is 0 Å². The summed E-state index contributed by atoms with van der Waals surface area (Å²) in [4.78, 5) is 0. The summed E-state index contributed by atoms with van der Waals surface area (Å²) in [6.45, 7) is 8.96. The summed E-state index contributed by atoms with van der Waals surface area (Å²) >= 11 is 11.8. The minimum atomic E-state index is 0.417. The minimum absolute atomic E-state index is 0.417. The molecule has 0 aliphatic heterocycles. The van der Waals surface area contributed by atoms with Gasteiger partial charge in [0.1, 0.15) is 5.15 Å². The lowest BCUT2D eigenvalue weighted by Gasteiger charge is -2.05. The molecule has 2 aromatic heterocycles. The number of hydrogen-bond acceptors (Lipinski definition) is 4. The first-order valence-corrected chi connectivity index (χ1v) is 9.17. The van der Waals surface area contributed by atoms with Gasteiger partial charge in [0.2, 0.25) is 4.77 Å². The van der Waals surface area contributed by atoms with Gasteiger partial charge in [0.25, 0.3) is 0 Å². The van der Waals surface area contributed by atoms with Gasteiger partial charge in [-0.25, -0.2) is 5.10 Å². The van der Waals surface area contributed by atoms with Crippen molar-refractivity contribution in [1.82, 2.24) is 24.7 Å². The van der Waals surface area contributed by atoms with E-state index in [1.807, 2.05) is 38.1 Å². The van der Waals surface area contributed by atoms with Crippen LogP contribution in [-0.4, -0.2) is 30.9 Å². The molecule has 3 rings (SSSR count). The van der Waals surface area contributed by atoms with Crippen LogP contribution in [-0.2, 0) is 6.54 Å². The second-order valence-corrected chi connectivity index (χ2v) is 7.39. The smallest absolute Gasteiger partial charge is 0.216 e. The maximum atomic E-state index is 6.48. The highest BCUT2D eigenvalue weighted by molar-refractivity contribution is 7.71. The molecule has 2 heterocycles. The Morgan fingerprint density at radius 2 is 1.96 bits per heavy atom. The molecule has 3 aromatic rings. The number of aromatic amines is 1. The van der Waals surface area contributed by atoms with Gasteiger partial charge >= 0.3 is 0 Å². The van der Waals surface area contributed by atoms with E-state index in [1.165, 1.54) is 5.56 Å². The van der Waals surface area contributed by atoms with Crippen molar-refractivity contribution in [3.8, 4) is 11.4 Å². The Kier molecular flexibility index (Phi) is 5.38. The average molecular weight is 389 g/mol. The highest BCUT2D eigenvalue weighted by Crippen LogP contribution is 2.21.